The molecule has 0 aromatic carbocycles. The first-order valence-corrected chi connectivity index (χ1v) is 8.04. The summed E-state index contributed by atoms with van der Waals surface area (Å²) in [5.74, 6) is 0.901. The Morgan fingerprint density at radius 2 is 1.78 bits per heavy atom. The lowest BCUT2D eigenvalue weighted by molar-refractivity contribution is 0.194. The third kappa shape index (κ3) is 4.87. The van der Waals surface area contributed by atoms with E-state index in [0.717, 1.165) is 5.92 Å². The van der Waals surface area contributed by atoms with Crippen LogP contribution in [0.1, 0.15) is 39.0 Å². The molecule has 2 saturated heterocycles. The second-order valence-corrected chi connectivity index (χ2v) is 6.06. The fourth-order valence-corrected chi connectivity index (χ4v) is 3.23. The zero-order chi connectivity index (χ0) is 12.6. The number of piperidine rings is 1. The van der Waals surface area contributed by atoms with Crippen LogP contribution >= 0.6 is 0 Å². The van der Waals surface area contributed by atoms with Gasteiger partial charge in [0.1, 0.15) is 0 Å². The van der Waals surface area contributed by atoms with E-state index < -0.39 is 0 Å². The molecule has 0 amide bonds. The molecule has 3 heteroatoms. The number of hydrogen-bond acceptors (Lipinski definition) is 3. The van der Waals surface area contributed by atoms with E-state index in [1.54, 1.807) is 0 Å². The van der Waals surface area contributed by atoms with Gasteiger partial charge in [0, 0.05) is 19.6 Å². The van der Waals surface area contributed by atoms with Gasteiger partial charge in [0.25, 0.3) is 0 Å². The fourth-order valence-electron chi connectivity index (χ4n) is 3.23. The molecular weight excluding hydrogens is 222 g/mol. The molecule has 18 heavy (non-hydrogen) atoms. The molecule has 2 aliphatic heterocycles. The van der Waals surface area contributed by atoms with Crippen molar-refractivity contribution in [3.8, 4) is 0 Å². The van der Waals surface area contributed by atoms with E-state index in [1.807, 2.05) is 0 Å². The van der Waals surface area contributed by atoms with Crippen LogP contribution in [0.25, 0.3) is 0 Å². The van der Waals surface area contributed by atoms with Crippen LogP contribution in [-0.4, -0.2) is 62.2 Å². The summed E-state index contributed by atoms with van der Waals surface area (Å²) in [4.78, 5) is 5.33. The van der Waals surface area contributed by atoms with E-state index in [4.69, 9.17) is 0 Å². The van der Waals surface area contributed by atoms with Crippen molar-refractivity contribution in [1.82, 2.24) is 15.1 Å². The van der Waals surface area contributed by atoms with Gasteiger partial charge in [0.15, 0.2) is 0 Å². The first-order valence-electron chi connectivity index (χ1n) is 8.04. The molecule has 106 valence electrons. The van der Waals surface area contributed by atoms with Crippen LogP contribution < -0.4 is 5.32 Å². The van der Waals surface area contributed by atoms with E-state index in [-0.39, 0.29) is 0 Å². The monoisotopic (exact) mass is 253 g/mol. The normalized spacial score (nSPS) is 26.8. The summed E-state index contributed by atoms with van der Waals surface area (Å²) in [6.07, 6.45) is 6.95. The lowest BCUT2D eigenvalue weighted by Crippen LogP contribution is -2.37. The summed E-state index contributed by atoms with van der Waals surface area (Å²) in [6.45, 7) is 12.6. The number of likely N-dealkylation sites (tertiary alicyclic amines) is 2. The maximum absolute atomic E-state index is 3.57. The van der Waals surface area contributed by atoms with Gasteiger partial charge in [-0.1, -0.05) is 13.3 Å². The SMILES string of the molecule is CCCNCC1CCN(CCN2CCCCC2)C1. The van der Waals surface area contributed by atoms with Crippen molar-refractivity contribution < 1.29 is 0 Å². The van der Waals surface area contributed by atoms with Crippen LogP contribution in [0.15, 0.2) is 0 Å². The van der Waals surface area contributed by atoms with Gasteiger partial charge < -0.3 is 15.1 Å². The maximum atomic E-state index is 3.57. The Labute approximate surface area is 113 Å². The summed E-state index contributed by atoms with van der Waals surface area (Å²) in [6, 6.07) is 0. The molecule has 0 radical (unpaired) electrons. The zero-order valence-electron chi connectivity index (χ0n) is 12.2. The lowest BCUT2D eigenvalue weighted by Gasteiger charge is -2.28. The van der Waals surface area contributed by atoms with Crippen LogP contribution in [-0.2, 0) is 0 Å². The van der Waals surface area contributed by atoms with Gasteiger partial charge in [0.05, 0.1) is 0 Å². The molecule has 0 bridgehead atoms. The maximum Gasteiger partial charge on any atom is 0.0109 e. The van der Waals surface area contributed by atoms with E-state index in [0.29, 0.717) is 0 Å². The molecule has 2 rings (SSSR count). The molecule has 0 aliphatic carbocycles. The summed E-state index contributed by atoms with van der Waals surface area (Å²) in [5.41, 5.74) is 0. The van der Waals surface area contributed by atoms with Crippen molar-refractivity contribution >= 4 is 0 Å². The van der Waals surface area contributed by atoms with Crippen molar-refractivity contribution in [3.63, 3.8) is 0 Å². The zero-order valence-corrected chi connectivity index (χ0v) is 12.2. The van der Waals surface area contributed by atoms with Crippen molar-refractivity contribution in [1.29, 1.82) is 0 Å². The molecule has 2 heterocycles. The van der Waals surface area contributed by atoms with Crippen LogP contribution in [0.4, 0.5) is 0 Å². The van der Waals surface area contributed by atoms with Crippen molar-refractivity contribution in [2.24, 2.45) is 5.92 Å². The van der Waals surface area contributed by atoms with E-state index >= 15 is 0 Å². The predicted molar refractivity (Wildman–Crippen MR) is 78.0 cm³/mol. The Balaban J connectivity index is 1.54. The first-order chi connectivity index (χ1) is 8.88. The minimum atomic E-state index is 0.901. The molecule has 2 aliphatic rings. The highest BCUT2D eigenvalue weighted by atomic mass is 15.2. The molecule has 0 aromatic heterocycles. The molecule has 0 saturated carbocycles. The Morgan fingerprint density at radius 1 is 1.00 bits per heavy atom. The highest BCUT2D eigenvalue weighted by molar-refractivity contribution is 4.78. The highest BCUT2D eigenvalue weighted by Crippen LogP contribution is 2.15. The van der Waals surface area contributed by atoms with Gasteiger partial charge in [0.2, 0.25) is 0 Å². The minimum Gasteiger partial charge on any atom is -0.316 e. The Bertz CT molecular complexity index is 214. The van der Waals surface area contributed by atoms with Gasteiger partial charge in [-0.2, -0.15) is 0 Å². The lowest BCUT2D eigenvalue weighted by atomic mass is 10.1. The third-order valence-electron chi connectivity index (χ3n) is 4.41. The second kappa shape index (κ2) is 8.13. The Morgan fingerprint density at radius 3 is 2.56 bits per heavy atom. The summed E-state index contributed by atoms with van der Waals surface area (Å²) < 4.78 is 0. The fraction of sp³-hybridized carbons (Fsp3) is 1.00. The van der Waals surface area contributed by atoms with E-state index in [2.05, 4.69) is 22.0 Å². The first kappa shape index (κ1) is 14.3. The number of hydrogen-bond donors (Lipinski definition) is 1. The smallest absolute Gasteiger partial charge is 0.0109 e. The van der Waals surface area contributed by atoms with Crippen molar-refractivity contribution in [2.45, 2.75) is 39.0 Å². The highest BCUT2D eigenvalue weighted by Gasteiger charge is 2.22. The molecular formula is C15H31N3. The largest absolute Gasteiger partial charge is 0.316 e. The quantitative estimate of drug-likeness (QED) is 0.698. The van der Waals surface area contributed by atoms with Gasteiger partial charge in [-0.05, 0) is 64.3 Å². The molecule has 0 spiro atoms. The number of nitrogens with zero attached hydrogens (tertiary/aromatic N) is 2. The number of rotatable bonds is 7. The van der Waals surface area contributed by atoms with Crippen LogP contribution in [0.2, 0.25) is 0 Å². The average molecular weight is 253 g/mol. The molecule has 2 fully saturated rings. The number of nitrogens with one attached hydrogen (secondary N) is 1. The van der Waals surface area contributed by atoms with Crippen molar-refractivity contribution in [3.05, 3.63) is 0 Å². The van der Waals surface area contributed by atoms with E-state index in [9.17, 15) is 0 Å². The summed E-state index contributed by atoms with van der Waals surface area (Å²) in [5, 5.41) is 3.57. The topological polar surface area (TPSA) is 18.5 Å². The molecule has 3 nitrogen and oxygen atoms in total. The van der Waals surface area contributed by atoms with Crippen LogP contribution in [0, 0.1) is 5.92 Å². The van der Waals surface area contributed by atoms with Crippen LogP contribution in [0.3, 0.4) is 0 Å². The molecule has 0 aromatic rings. The van der Waals surface area contributed by atoms with Gasteiger partial charge in [-0.15, -0.1) is 0 Å². The molecule has 1 unspecified atom stereocenters. The second-order valence-electron chi connectivity index (χ2n) is 6.06. The van der Waals surface area contributed by atoms with Gasteiger partial charge >= 0.3 is 0 Å². The summed E-state index contributed by atoms with van der Waals surface area (Å²) in [7, 11) is 0. The van der Waals surface area contributed by atoms with E-state index in [1.165, 1.54) is 84.5 Å². The minimum absolute atomic E-state index is 0.901. The predicted octanol–water partition coefficient (Wildman–Crippen LogP) is 1.79. The van der Waals surface area contributed by atoms with Crippen LogP contribution in [0.5, 0.6) is 0 Å². The standard InChI is InChI=1S/C15H31N3/c1-2-7-16-13-15-6-10-18(14-15)12-11-17-8-4-3-5-9-17/h15-16H,2-14H2,1H3. The summed E-state index contributed by atoms with van der Waals surface area (Å²) >= 11 is 0. The molecule has 1 atom stereocenters. The molecule has 1 N–H and O–H groups in total. The Kier molecular flexibility index (Phi) is 6.46. The Hall–Kier alpha value is -0.120. The van der Waals surface area contributed by atoms with Gasteiger partial charge in [-0.25, -0.2) is 0 Å². The van der Waals surface area contributed by atoms with Gasteiger partial charge in [-0.3, -0.25) is 0 Å². The average Bonchev–Trinajstić information content (AvgIpc) is 2.86. The third-order valence-corrected chi connectivity index (χ3v) is 4.41. The van der Waals surface area contributed by atoms with Crippen molar-refractivity contribution in [2.75, 3.05) is 52.4 Å².